The van der Waals surface area contributed by atoms with Crippen molar-refractivity contribution in [1.29, 1.82) is 0 Å². The van der Waals surface area contributed by atoms with Gasteiger partial charge in [-0.1, -0.05) is 48.5 Å². The second-order valence-corrected chi connectivity index (χ2v) is 4.47. The molecule has 1 atom stereocenters. The van der Waals surface area contributed by atoms with E-state index in [0.717, 1.165) is 18.5 Å². The molecule has 0 spiro atoms. The van der Waals surface area contributed by atoms with E-state index in [1.54, 1.807) is 0 Å². The van der Waals surface area contributed by atoms with Crippen LogP contribution in [0.2, 0.25) is 0 Å². The van der Waals surface area contributed by atoms with E-state index in [-0.39, 0.29) is 0 Å². The van der Waals surface area contributed by atoms with Gasteiger partial charge in [-0.15, -0.1) is 0 Å². The molecule has 2 rings (SSSR count). The Morgan fingerprint density at radius 1 is 0.889 bits per heavy atom. The maximum atomic E-state index is 5.82. The molecule has 0 aliphatic heterocycles. The lowest BCUT2D eigenvalue weighted by molar-refractivity contribution is 0.660. The summed E-state index contributed by atoms with van der Waals surface area (Å²) in [6.45, 7) is 0.654. The monoisotopic (exact) mass is 240 g/mol. The van der Waals surface area contributed by atoms with Crippen molar-refractivity contribution in [2.24, 2.45) is 5.73 Å². The van der Waals surface area contributed by atoms with Gasteiger partial charge < -0.3 is 11.1 Å². The van der Waals surface area contributed by atoms with Crippen LogP contribution in [0.15, 0.2) is 60.7 Å². The van der Waals surface area contributed by atoms with Crippen molar-refractivity contribution >= 4 is 5.69 Å². The first kappa shape index (κ1) is 12.7. The molecule has 94 valence electrons. The zero-order valence-corrected chi connectivity index (χ0v) is 10.5. The van der Waals surface area contributed by atoms with Gasteiger partial charge in [-0.25, -0.2) is 0 Å². The normalized spacial score (nSPS) is 12.1. The van der Waals surface area contributed by atoms with E-state index < -0.39 is 0 Å². The highest BCUT2D eigenvalue weighted by Gasteiger charge is 2.06. The van der Waals surface area contributed by atoms with Crippen LogP contribution in [-0.2, 0) is 6.42 Å². The van der Waals surface area contributed by atoms with Crippen LogP contribution in [0.1, 0.15) is 12.0 Å². The smallest absolute Gasteiger partial charge is 0.0386 e. The van der Waals surface area contributed by atoms with E-state index in [2.05, 4.69) is 41.7 Å². The van der Waals surface area contributed by atoms with Crippen molar-refractivity contribution in [3.63, 3.8) is 0 Å². The van der Waals surface area contributed by atoms with E-state index in [4.69, 9.17) is 5.73 Å². The van der Waals surface area contributed by atoms with Gasteiger partial charge in [0.1, 0.15) is 0 Å². The molecule has 0 fully saturated rings. The molecule has 0 radical (unpaired) electrons. The molecule has 0 aliphatic carbocycles. The molecule has 2 nitrogen and oxygen atoms in total. The van der Waals surface area contributed by atoms with Crippen molar-refractivity contribution < 1.29 is 0 Å². The fourth-order valence-electron chi connectivity index (χ4n) is 2.00. The van der Waals surface area contributed by atoms with Crippen molar-refractivity contribution in [3.05, 3.63) is 66.2 Å². The molecule has 0 aliphatic rings. The van der Waals surface area contributed by atoms with Crippen LogP contribution in [0.25, 0.3) is 0 Å². The second kappa shape index (κ2) is 6.82. The van der Waals surface area contributed by atoms with Gasteiger partial charge in [-0.3, -0.25) is 0 Å². The summed E-state index contributed by atoms with van der Waals surface area (Å²) in [6, 6.07) is 21.1. The molecule has 0 aromatic heterocycles. The van der Waals surface area contributed by atoms with Crippen LogP contribution in [0.3, 0.4) is 0 Å². The summed E-state index contributed by atoms with van der Waals surface area (Å²) in [4.78, 5) is 0. The molecule has 3 N–H and O–H groups in total. The van der Waals surface area contributed by atoms with Crippen LogP contribution in [0.4, 0.5) is 5.69 Å². The Hall–Kier alpha value is -1.80. The van der Waals surface area contributed by atoms with Crippen LogP contribution in [0.5, 0.6) is 0 Å². The highest BCUT2D eigenvalue weighted by Crippen LogP contribution is 2.11. The average molecular weight is 240 g/mol. The number of nitrogens with two attached hydrogens (primary N) is 1. The maximum Gasteiger partial charge on any atom is 0.0386 e. The number of nitrogens with one attached hydrogen (secondary N) is 1. The second-order valence-electron chi connectivity index (χ2n) is 4.47. The molecule has 0 saturated heterocycles. The van der Waals surface area contributed by atoms with Crippen molar-refractivity contribution in [2.45, 2.75) is 18.9 Å². The predicted molar refractivity (Wildman–Crippen MR) is 77.7 cm³/mol. The molecule has 18 heavy (non-hydrogen) atoms. The highest BCUT2D eigenvalue weighted by molar-refractivity contribution is 5.43. The van der Waals surface area contributed by atoms with Gasteiger partial charge in [-0.2, -0.15) is 0 Å². The highest BCUT2D eigenvalue weighted by atomic mass is 14.9. The molecule has 0 heterocycles. The quantitative estimate of drug-likeness (QED) is 0.814. The minimum atomic E-state index is 0.326. The number of aryl methyl sites for hydroxylation is 1. The Morgan fingerprint density at radius 2 is 1.50 bits per heavy atom. The molecule has 2 aromatic rings. The number of benzene rings is 2. The maximum absolute atomic E-state index is 5.82. The molecule has 0 saturated carbocycles. The molecule has 1 unspecified atom stereocenters. The largest absolute Gasteiger partial charge is 0.381 e. The van der Waals surface area contributed by atoms with Crippen LogP contribution >= 0.6 is 0 Å². The number of para-hydroxylation sites is 1. The lowest BCUT2D eigenvalue weighted by Crippen LogP contribution is -2.29. The fourth-order valence-corrected chi connectivity index (χ4v) is 2.00. The number of hydrogen-bond acceptors (Lipinski definition) is 2. The summed E-state index contributed by atoms with van der Waals surface area (Å²) in [5, 5.41) is 3.47. The van der Waals surface area contributed by atoms with Gasteiger partial charge in [0.2, 0.25) is 0 Å². The molecular formula is C16H20N2. The standard InChI is InChI=1S/C16H20N2/c17-13-16(18-15-9-5-2-6-10-15)12-11-14-7-3-1-4-8-14/h1-10,16,18H,11-13,17H2. The zero-order chi connectivity index (χ0) is 12.6. The van der Waals surface area contributed by atoms with Gasteiger partial charge in [-0.05, 0) is 30.5 Å². The van der Waals surface area contributed by atoms with Crippen LogP contribution < -0.4 is 11.1 Å². The first-order valence-corrected chi connectivity index (χ1v) is 6.44. The van der Waals surface area contributed by atoms with Crippen LogP contribution in [-0.4, -0.2) is 12.6 Å². The number of hydrogen-bond donors (Lipinski definition) is 2. The Bertz CT molecular complexity index is 439. The molecule has 0 amide bonds. The summed E-state index contributed by atoms with van der Waals surface area (Å²) >= 11 is 0. The SMILES string of the molecule is NCC(CCc1ccccc1)Nc1ccccc1. The molecular weight excluding hydrogens is 220 g/mol. The Balaban J connectivity index is 1.86. The van der Waals surface area contributed by atoms with E-state index >= 15 is 0 Å². The Labute approximate surface area is 109 Å². The summed E-state index contributed by atoms with van der Waals surface area (Å²) in [7, 11) is 0. The third kappa shape index (κ3) is 3.90. The molecule has 2 heteroatoms. The molecule has 0 bridgehead atoms. The van der Waals surface area contributed by atoms with Crippen LogP contribution in [0, 0.1) is 0 Å². The van der Waals surface area contributed by atoms with E-state index in [1.165, 1.54) is 5.56 Å². The zero-order valence-electron chi connectivity index (χ0n) is 10.5. The molecule has 2 aromatic carbocycles. The van der Waals surface area contributed by atoms with E-state index in [9.17, 15) is 0 Å². The lowest BCUT2D eigenvalue weighted by atomic mass is 10.1. The van der Waals surface area contributed by atoms with Gasteiger partial charge in [0.25, 0.3) is 0 Å². The average Bonchev–Trinajstić information content (AvgIpc) is 2.45. The summed E-state index contributed by atoms with van der Waals surface area (Å²) < 4.78 is 0. The first-order chi connectivity index (χ1) is 8.88. The minimum absolute atomic E-state index is 0.326. The Kier molecular flexibility index (Phi) is 4.79. The summed E-state index contributed by atoms with van der Waals surface area (Å²) in [5.74, 6) is 0. The first-order valence-electron chi connectivity index (χ1n) is 6.44. The van der Waals surface area contributed by atoms with Gasteiger partial charge in [0.15, 0.2) is 0 Å². The van der Waals surface area contributed by atoms with E-state index in [0.29, 0.717) is 12.6 Å². The summed E-state index contributed by atoms with van der Waals surface area (Å²) in [6.07, 6.45) is 2.11. The van der Waals surface area contributed by atoms with Gasteiger partial charge in [0.05, 0.1) is 0 Å². The third-order valence-corrected chi connectivity index (χ3v) is 3.05. The summed E-state index contributed by atoms with van der Waals surface area (Å²) in [5.41, 5.74) is 8.33. The van der Waals surface area contributed by atoms with Crippen molar-refractivity contribution in [1.82, 2.24) is 0 Å². The number of anilines is 1. The minimum Gasteiger partial charge on any atom is -0.381 e. The van der Waals surface area contributed by atoms with Crippen molar-refractivity contribution in [3.8, 4) is 0 Å². The topological polar surface area (TPSA) is 38.0 Å². The fraction of sp³-hybridized carbons (Fsp3) is 0.250. The van der Waals surface area contributed by atoms with Crippen molar-refractivity contribution in [2.75, 3.05) is 11.9 Å². The Morgan fingerprint density at radius 3 is 2.11 bits per heavy atom. The van der Waals surface area contributed by atoms with Gasteiger partial charge >= 0.3 is 0 Å². The lowest BCUT2D eigenvalue weighted by Gasteiger charge is -2.18. The third-order valence-electron chi connectivity index (χ3n) is 3.05. The van der Waals surface area contributed by atoms with Gasteiger partial charge in [0, 0.05) is 18.3 Å². The van der Waals surface area contributed by atoms with E-state index in [1.807, 2.05) is 24.3 Å². The number of rotatable bonds is 6. The predicted octanol–water partition coefficient (Wildman–Crippen LogP) is 3.06.